The van der Waals surface area contributed by atoms with Crippen LogP contribution in [0.3, 0.4) is 0 Å². The van der Waals surface area contributed by atoms with Crippen LogP contribution in [0, 0.1) is 0 Å². The Morgan fingerprint density at radius 2 is 2.31 bits per heavy atom. The SMILES string of the molecule is CN(C)c1ccc(NC2CCCOC2)cn1. The minimum Gasteiger partial charge on any atom is -0.379 e. The maximum absolute atomic E-state index is 5.43. The number of rotatable bonds is 3. The Bertz CT molecular complexity index is 318. The average molecular weight is 221 g/mol. The standard InChI is InChI=1S/C12H19N3O/c1-15(2)12-6-5-10(8-13-12)14-11-4-3-7-16-9-11/h5-6,8,11,14H,3-4,7,9H2,1-2H3. The largest absolute Gasteiger partial charge is 0.379 e. The Morgan fingerprint density at radius 1 is 1.44 bits per heavy atom. The van der Waals surface area contributed by atoms with Crippen molar-refractivity contribution in [2.24, 2.45) is 0 Å². The first kappa shape index (κ1) is 11.2. The Labute approximate surface area is 96.6 Å². The first-order valence-electron chi connectivity index (χ1n) is 5.73. The van der Waals surface area contributed by atoms with Crippen LogP contribution in [0.5, 0.6) is 0 Å². The normalized spacial score (nSPS) is 20.5. The van der Waals surface area contributed by atoms with E-state index in [1.807, 2.05) is 31.3 Å². The number of hydrogen-bond acceptors (Lipinski definition) is 4. The van der Waals surface area contributed by atoms with E-state index >= 15 is 0 Å². The van der Waals surface area contributed by atoms with Gasteiger partial charge in [-0.1, -0.05) is 0 Å². The molecule has 4 nitrogen and oxygen atoms in total. The molecule has 88 valence electrons. The van der Waals surface area contributed by atoms with Gasteiger partial charge < -0.3 is 15.0 Å². The van der Waals surface area contributed by atoms with E-state index in [1.54, 1.807) is 0 Å². The number of nitrogens with one attached hydrogen (secondary N) is 1. The molecule has 0 aromatic carbocycles. The van der Waals surface area contributed by atoms with Crippen LogP contribution in [0.1, 0.15) is 12.8 Å². The highest BCUT2D eigenvalue weighted by atomic mass is 16.5. The summed E-state index contributed by atoms with van der Waals surface area (Å²) in [5, 5.41) is 3.44. The van der Waals surface area contributed by atoms with Crippen LogP contribution < -0.4 is 10.2 Å². The number of ether oxygens (including phenoxy) is 1. The molecule has 1 saturated heterocycles. The summed E-state index contributed by atoms with van der Waals surface area (Å²) in [5.74, 6) is 0.977. The van der Waals surface area contributed by atoms with Gasteiger partial charge >= 0.3 is 0 Å². The number of pyridine rings is 1. The Balaban J connectivity index is 1.93. The van der Waals surface area contributed by atoms with Crippen LogP contribution in [-0.4, -0.2) is 38.3 Å². The van der Waals surface area contributed by atoms with E-state index in [0.29, 0.717) is 6.04 Å². The molecule has 1 fully saturated rings. The maximum Gasteiger partial charge on any atom is 0.128 e. The molecule has 4 heteroatoms. The topological polar surface area (TPSA) is 37.4 Å². The minimum atomic E-state index is 0.431. The van der Waals surface area contributed by atoms with Gasteiger partial charge in [-0.25, -0.2) is 4.98 Å². The van der Waals surface area contributed by atoms with Gasteiger partial charge in [0.15, 0.2) is 0 Å². The highest BCUT2D eigenvalue weighted by molar-refractivity contribution is 5.48. The summed E-state index contributed by atoms with van der Waals surface area (Å²) in [6.45, 7) is 1.70. The Hall–Kier alpha value is -1.29. The van der Waals surface area contributed by atoms with E-state index < -0.39 is 0 Å². The summed E-state index contributed by atoms with van der Waals surface area (Å²) in [4.78, 5) is 6.36. The van der Waals surface area contributed by atoms with E-state index in [9.17, 15) is 0 Å². The van der Waals surface area contributed by atoms with Gasteiger partial charge in [0.2, 0.25) is 0 Å². The molecule has 0 bridgehead atoms. The van der Waals surface area contributed by atoms with Gasteiger partial charge in [-0.3, -0.25) is 0 Å². The van der Waals surface area contributed by atoms with Gasteiger partial charge in [0.1, 0.15) is 5.82 Å². The lowest BCUT2D eigenvalue weighted by molar-refractivity contribution is 0.0876. The fourth-order valence-corrected chi connectivity index (χ4v) is 1.83. The highest BCUT2D eigenvalue weighted by Crippen LogP contribution is 2.15. The molecule has 0 spiro atoms. The molecule has 1 unspecified atom stereocenters. The van der Waals surface area contributed by atoms with Crippen LogP contribution >= 0.6 is 0 Å². The fraction of sp³-hybridized carbons (Fsp3) is 0.583. The molecule has 16 heavy (non-hydrogen) atoms. The average Bonchev–Trinajstić information content (AvgIpc) is 2.31. The lowest BCUT2D eigenvalue weighted by Crippen LogP contribution is -2.30. The van der Waals surface area contributed by atoms with Crippen LogP contribution in [0.4, 0.5) is 11.5 Å². The second kappa shape index (κ2) is 5.16. The van der Waals surface area contributed by atoms with E-state index in [2.05, 4.69) is 16.4 Å². The van der Waals surface area contributed by atoms with Gasteiger partial charge in [0, 0.05) is 26.7 Å². The quantitative estimate of drug-likeness (QED) is 0.843. The molecule has 0 radical (unpaired) electrons. The van der Waals surface area contributed by atoms with Crippen LogP contribution in [0.2, 0.25) is 0 Å². The lowest BCUT2D eigenvalue weighted by Gasteiger charge is -2.24. The number of hydrogen-bond donors (Lipinski definition) is 1. The summed E-state index contributed by atoms with van der Waals surface area (Å²) < 4.78 is 5.43. The molecule has 2 rings (SSSR count). The smallest absolute Gasteiger partial charge is 0.128 e. The Morgan fingerprint density at radius 3 is 2.88 bits per heavy atom. The third kappa shape index (κ3) is 2.85. The predicted molar refractivity (Wildman–Crippen MR) is 66.0 cm³/mol. The second-order valence-electron chi connectivity index (χ2n) is 4.36. The summed E-state index contributed by atoms with van der Waals surface area (Å²) >= 11 is 0. The summed E-state index contributed by atoms with van der Waals surface area (Å²) in [6, 6.07) is 4.52. The van der Waals surface area contributed by atoms with Crippen LogP contribution in [-0.2, 0) is 4.74 Å². The van der Waals surface area contributed by atoms with Gasteiger partial charge in [0.05, 0.1) is 18.5 Å². The van der Waals surface area contributed by atoms with Gasteiger partial charge in [-0.05, 0) is 25.0 Å². The molecule has 0 saturated carbocycles. The van der Waals surface area contributed by atoms with Crippen molar-refractivity contribution in [1.82, 2.24) is 4.98 Å². The van der Waals surface area contributed by atoms with Crippen molar-refractivity contribution >= 4 is 11.5 Å². The first-order valence-corrected chi connectivity index (χ1v) is 5.73. The van der Waals surface area contributed by atoms with Crippen molar-refractivity contribution in [3.05, 3.63) is 18.3 Å². The summed E-state index contributed by atoms with van der Waals surface area (Å²) in [7, 11) is 3.98. The minimum absolute atomic E-state index is 0.431. The van der Waals surface area contributed by atoms with E-state index in [0.717, 1.165) is 31.1 Å². The molecular weight excluding hydrogens is 202 g/mol. The maximum atomic E-state index is 5.43. The van der Waals surface area contributed by atoms with Crippen molar-refractivity contribution in [2.45, 2.75) is 18.9 Å². The molecule has 1 aromatic heterocycles. The van der Waals surface area contributed by atoms with Gasteiger partial charge in [-0.2, -0.15) is 0 Å². The summed E-state index contributed by atoms with van der Waals surface area (Å²) in [5.41, 5.74) is 1.07. The zero-order chi connectivity index (χ0) is 11.4. The molecular formula is C12H19N3O. The van der Waals surface area contributed by atoms with E-state index in [1.165, 1.54) is 6.42 Å². The summed E-state index contributed by atoms with van der Waals surface area (Å²) in [6.07, 6.45) is 4.19. The van der Waals surface area contributed by atoms with Crippen molar-refractivity contribution < 1.29 is 4.74 Å². The number of anilines is 2. The zero-order valence-corrected chi connectivity index (χ0v) is 9.94. The van der Waals surface area contributed by atoms with Crippen molar-refractivity contribution in [3.8, 4) is 0 Å². The third-order valence-corrected chi connectivity index (χ3v) is 2.74. The first-order chi connectivity index (χ1) is 7.75. The van der Waals surface area contributed by atoms with Crippen LogP contribution in [0.15, 0.2) is 18.3 Å². The van der Waals surface area contributed by atoms with Gasteiger partial charge in [-0.15, -0.1) is 0 Å². The molecule has 2 heterocycles. The van der Waals surface area contributed by atoms with Crippen molar-refractivity contribution in [2.75, 3.05) is 37.5 Å². The van der Waals surface area contributed by atoms with Crippen molar-refractivity contribution in [3.63, 3.8) is 0 Å². The lowest BCUT2D eigenvalue weighted by atomic mass is 10.1. The second-order valence-corrected chi connectivity index (χ2v) is 4.36. The highest BCUT2D eigenvalue weighted by Gasteiger charge is 2.13. The molecule has 1 aliphatic heterocycles. The molecule has 1 aliphatic rings. The zero-order valence-electron chi connectivity index (χ0n) is 9.94. The van der Waals surface area contributed by atoms with Crippen molar-refractivity contribution in [1.29, 1.82) is 0 Å². The predicted octanol–water partition coefficient (Wildman–Crippen LogP) is 1.74. The number of nitrogens with zero attached hydrogens (tertiary/aromatic N) is 2. The molecule has 0 amide bonds. The third-order valence-electron chi connectivity index (χ3n) is 2.74. The molecule has 1 aromatic rings. The van der Waals surface area contributed by atoms with E-state index in [-0.39, 0.29) is 0 Å². The van der Waals surface area contributed by atoms with Crippen LogP contribution in [0.25, 0.3) is 0 Å². The van der Waals surface area contributed by atoms with E-state index in [4.69, 9.17) is 4.74 Å². The monoisotopic (exact) mass is 221 g/mol. The Kier molecular flexibility index (Phi) is 3.62. The molecule has 0 aliphatic carbocycles. The molecule has 1 atom stereocenters. The fourth-order valence-electron chi connectivity index (χ4n) is 1.83. The van der Waals surface area contributed by atoms with Gasteiger partial charge in [0.25, 0.3) is 0 Å². The number of aromatic nitrogens is 1. The molecule has 1 N–H and O–H groups in total.